The van der Waals surface area contributed by atoms with Crippen LogP contribution in [0.2, 0.25) is 0 Å². The Bertz CT molecular complexity index is 551. The molecular formula is C14H11B3. The van der Waals surface area contributed by atoms with E-state index in [2.05, 4.69) is 0 Å². The molecule has 0 saturated heterocycles. The molecule has 0 aliphatic carbocycles. The standard InChI is InChI=1S/C14H11B3/c1-8-5-12(16)14(13(17)6-8)10-4-3-9(2)11(15)7-10/h3-7H,1-2H3. The van der Waals surface area contributed by atoms with Crippen molar-refractivity contribution in [3.8, 4) is 11.1 Å². The molecule has 0 atom stereocenters. The molecule has 0 aliphatic rings. The monoisotopic (exact) mass is 212 g/mol. The van der Waals surface area contributed by atoms with E-state index in [9.17, 15) is 0 Å². The van der Waals surface area contributed by atoms with Crippen LogP contribution in [0.4, 0.5) is 0 Å². The predicted octanol–water partition coefficient (Wildman–Crippen LogP) is 0.352. The molecule has 0 nitrogen and oxygen atoms in total. The minimum atomic E-state index is 0.686. The van der Waals surface area contributed by atoms with E-state index in [0.29, 0.717) is 10.9 Å². The normalized spacial score (nSPS) is 10.5. The summed E-state index contributed by atoms with van der Waals surface area (Å²) in [5, 5.41) is 0. The third-order valence-corrected chi connectivity index (χ3v) is 2.91. The van der Waals surface area contributed by atoms with Crippen molar-refractivity contribution in [2.24, 2.45) is 0 Å². The zero-order chi connectivity index (χ0) is 12.6. The highest BCUT2D eigenvalue weighted by atomic mass is 14.1. The molecule has 2 aromatic carbocycles. The van der Waals surface area contributed by atoms with Crippen LogP contribution in [-0.4, -0.2) is 23.5 Å². The summed E-state index contributed by atoms with van der Waals surface area (Å²) in [5.74, 6) is 0. The number of hydrogen-bond donors (Lipinski definition) is 0. The van der Waals surface area contributed by atoms with E-state index >= 15 is 0 Å². The molecular weight excluding hydrogens is 201 g/mol. The molecule has 17 heavy (non-hydrogen) atoms. The van der Waals surface area contributed by atoms with Crippen LogP contribution in [0.3, 0.4) is 0 Å². The number of hydrogen-bond acceptors (Lipinski definition) is 0. The Labute approximate surface area is 107 Å². The number of rotatable bonds is 1. The third kappa shape index (κ3) is 2.33. The Hall–Kier alpha value is -1.37. The van der Waals surface area contributed by atoms with E-state index < -0.39 is 0 Å². The van der Waals surface area contributed by atoms with Crippen LogP contribution < -0.4 is 16.4 Å². The lowest BCUT2D eigenvalue weighted by Gasteiger charge is -2.14. The van der Waals surface area contributed by atoms with Crippen molar-refractivity contribution in [1.29, 1.82) is 0 Å². The summed E-state index contributed by atoms with van der Waals surface area (Å²) >= 11 is 0. The van der Waals surface area contributed by atoms with Crippen LogP contribution in [0.1, 0.15) is 11.1 Å². The van der Waals surface area contributed by atoms with Crippen LogP contribution in [0.25, 0.3) is 11.1 Å². The van der Waals surface area contributed by atoms with Gasteiger partial charge in [-0.25, -0.2) is 0 Å². The maximum atomic E-state index is 6.02. The summed E-state index contributed by atoms with van der Waals surface area (Å²) in [5.41, 5.74) is 6.06. The van der Waals surface area contributed by atoms with Gasteiger partial charge in [-0.2, -0.15) is 0 Å². The second-order valence-electron chi connectivity index (χ2n) is 4.39. The Morgan fingerprint density at radius 3 is 1.88 bits per heavy atom. The quantitative estimate of drug-likeness (QED) is 0.598. The van der Waals surface area contributed by atoms with Crippen molar-refractivity contribution >= 4 is 39.9 Å². The molecule has 0 aromatic heterocycles. The van der Waals surface area contributed by atoms with Gasteiger partial charge in [0.25, 0.3) is 0 Å². The molecule has 0 amide bonds. The first-order chi connectivity index (χ1) is 7.99. The minimum Gasteiger partial charge on any atom is -0.0932 e. The van der Waals surface area contributed by atoms with Crippen molar-refractivity contribution in [3.05, 3.63) is 41.5 Å². The second kappa shape index (κ2) is 4.48. The van der Waals surface area contributed by atoms with E-state index in [1.165, 1.54) is 0 Å². The fraction of sp³-hybridized carbons (Fsp3) is 0.143. The van der Waals surface area contributed by atoms with Gasteiger partial charge in [0.1, 0.15) is 23.5 Å². The summed E-state index contributed by atoms with van der Waals surface area (Å²) in [6, 6.07) is 9.71. The molecule has 76 valence electrons. The Morgan fingerprint density at radius 2 is 1.35 bits per heavy atom. The fourth-order valence-electron chi connectivity index (χ4n) is 1.97. The smallest absolute Gasteiger partial charge is 0.0932 e. The van der Waals surface area contributed by atoms with Gasteiger partial charge < -0.3 is 0 Å². The molecule has 0 bridgehead atoms. The van der Waals surface area contributed by atoms with Gasteiger partial charge in [-0.1, -0.05) is 57.8 Å². The molecule has 0 spiro atoms. The summed E-state index contributed by atoms with van der Waals surface area (Å²) in [6.45, 7) is 3.95. The van der Waals surface area contributed by atoms with E-state index in [1.54, 1.807) is 0 Å². The largest absolute Gasteiger partial charge is 0.114 e. The van der Waals surface area contributed by atoms with Crippen LogP contribution >= 0.6 is 0 Å². The molecule has 0 fully saturated rings. The first-order valence-corrected chi connectivity index (χ1v) is 5.51. The van der Waals surface area contributed by atoms with Crippen molar-refractivity contribution in [1.82, 2.24) is 0 Å². The van der Waals surface area contributed by atoms with Crippen molar-refractivity contribution in [2.45, 2.75) is 13.8 Å². The lowest BCUT2D eigenvalue weighted by atomic mass is 9.76. The highest BCUT2D eigenvalue weighted by molar-refractivity contribution is 6.44. The molecule has 2 rings (SSSR count). The summed E-state index contributed by atoms with van der Waals surface area (Å²) in [7, 11) is 17.9. The van der Waals surface area contributed by atoms with Gasteiger partial charge in [0.2, 0.25) is 0 Å². The Balaban J connectivity index is 2.64. The fourth-order valence-corrected chi connectivity index (χ4v) is 1.97. The molecule has 0 unspecified atom stereocenters. The van der Waals surface area contributed by atoms with E-state index in [0.717, 1.165) is 27.7 Å². The second-order valence-corrected chi connectivity index (χ2v) is 4.39. The van der Waals surface area contributed by atoms with Crippen molar-refractivity contribution in [3.63, 3.8) is 0 Å². The van der Waals surface area contributed by atoms with Crippen molar-refractivity contribution < 1.29 is 0 Å². The lowest BCUT2D eigenvalue weighted by molar-refractivity contribution is 1.49. The van der Waals surface area contributed by atoms with Crippen LogP contribution in [-0.2, 0) is 0 Å². The summed E-state index contributed by atoms with van der Waals surface area (Å²) < 4.78 is 0. The highest BCUT2D eigenvalue weighted by Crippen LogP contribution is 2.14. The summed E-state index contributed by atoms with van der Waals surface area (Å²) in [6.07, 6.45) is 0. The van der Waals surface area contributed by atoms with Crippen LogP contribution in [0, 0.1) is 13.8 Å². The average Bonchev–Trinajstić information content (AvgIpc) is 2.21. The van der Waals surface area contributed by atoms with Gasteiger partial charge in [-0.15, -0.1) is 0 Å². The molecule has 0 saturated carbocycles. The van der Waals surface area contributed by atoms with Gasteiger partial charge >= 0.3 is 0 Å². The Kier molecular flexibility index (Phi) is 3.19. The average molecular weight is 212 g/mol. The van der Waals surface area contributed by atoms with E-state index in [4.69, 9.17) is 23.5 Å². The number of aryl methyl sites for hydroxylation is 2. The Morgan fingerprint density at radius 1 is 0.765 bits per heavy atom. The first-order valence-electron chi connectivity index (χ1n) is 5.51. The van der Waals surface area contributed by atoms with E-state index in [-0.39, 0.29) is 0 Å². The molecule has 2 aromatic rings. The first kappa shape index (κ1) is 12.1. The van der Waals surface area contributed by atoms with Crippen molar-refractivity contribution in [2.75, 3.05) is 0 Å². The highest BCUT2D eigenvalue weighted by Gasteiger charge is 2.06. The SMILES string of the molecule is [B]c1cc(-c2c([B])cc(C)cc2[B])ccc1C. The zero-order valence-electron chi connectivity index (χ0n) is 10.1. The predicted molar refractivity (Wildman–Crippen MR) is 77.5 cm³/mol. The van der Waals surface area contributed by atoms with Gasteiger partial charge in [0.15, 0.2) is 0 Å². The van der Waals surface area contributed by atoms with Crippen LogP contribution in [0.5, 0.6) is 0 Å². The van der Waals surface area contributed by atoms with Gasteiger partial charge in [0.05, 0.1) is 0 Å². The minimum absolute atomic E-state index is 0.686. The molecule has 0 aliphatic heterocycles. The molecule has 3 heteroatoms. The molecule has 6 radical (unpaired) electrons. The maximum absolute atomic E-state index is 6.02. The van der Waals surface area contributed by atoms with Gasteiger partial charge in [-0.05, 0) is 25.0 Å². The van der Waals surface area contributed by atoms with Gasteiger partial charge in [-0.3, -0.25) is 0 Å². The summed E-state index contributed by atoms with van der Waals surface area (Å²) in [4.78, 5) is 0. The lowest BCUT2D eigenvalue weighted by Crippen LogP contribution is -2.21. The third-order valence-electron chi connectivity index (χ3n) is 2.91. The number of benzene rings is 2. The van der Waals surface area contributed by atoms with Gasteiger partial charge in [0, 0.05) is 0 Å². The zero-order valence-corrected chi connectivity index (χ0v) is 10.1. The van der Waals surface area contributed by atoms with Crippen LogP contribution in [0.15, 0.2) is 30.3 Å². The topological polar surface area (TPSA) is 0 Å². The maximum Gasteiger partial charge on any atom is 0.114 e. The molecule has 0 N–H and O–H groups in total. The van der Waals surface area contributed by atoms with E-state index in [1.807, 2.05) is 44.2 Å². The molecule has 0 heterocycles.